The van der Waals surface area contributed by atoms with E-state index in [4.69, 9.17) is 4.74 Å². The molecular formula is C18H31NO2. The highest BCUT2D eigenvalue weighted by molar-refractivity contribution is 5.39. The van der Waals surface area contributed by atoms with Crippen LogP contribution in [0.2, 0.25) is 0 Å². The minimum Gasteiger partial charge on any atom is -0.507 e. The maximum absolute atomic E-state index is 10.2. The van der Waals surface area contributed by atoms with Gasteiger partial charge in [0.1, 0.15) is 11.5 Å². The first-order valence-electron chi connectivity index (χ1n) is 8.38. The van der Waals surface area contributed by atoms with Crippen LogP contribution in [0.15, 0.2) is 18.2 Å². The molecule has 0 spiro atoms. The average molecular weight is 293 g/mol. The van der Waals surface area contributed by atoms with Crippen LogP contribution < -0.4 is 4.74 Å². The van der Waals surface area contributed by atoms with Crippen LogP contribution in [-0.4, -0.2) is 29.7 Å². The third kappa shape index (κ3) is 6.85. The summed E-state index contributed by atoms with van der Waals surface area (Å²) in [5.74, 6) is 1.10. The minimum absolute atomic E-state index is 0.349. The number of hydrogen-bond donors (Lipinski definition) is 1. The lowest BCUT2D eigenvalue weighted by molar-refractivity contribution is 0.253. The Labute approximate surface area is 129 Å². The zero-order chi connectivity index (χ0) is 15.5. The lowest BCUT2D eigenvalue weighted by Crippen LogP contribution is -2.25. The summed E-state index contributed by atoms with van der Waals surface area (Å²) in [5.41, 5.74) is 0.992. The molecule has 0 atom stereocenters. The number of phenolic OH excluding ortho intramolecular Hbond substituents is 1. The van der Waals surface area contributed by atoms with Crippen molar-refractivity contribution in [3.63, 3.8) is 0 Å². The molecule has 120 valence electrons. The molecule has 0 bridgehead atoms. The molecule has 0 saturated carbocycles. The van der Waals surface area contributed by atoms with Crippen LogP contribution in [0.5, 0.6) is 11.5 Å². The van der Waals surface area contributed by atoms with E-state index in [1.165, 1.54) is 25.7 Å². The lowest BCUT2D eigenvalue weighted by atomic mass is 10.1. The van der Waals surface area contributed by atoms with E-state index >= 15 is 0 Å². The molecule has 21 heavy (non-hydrogen) atoms. The van der Waals surface area contributed by atoms with Crippen molar-refractivity contribution in [3.05, 3.63) is 23.8 Å². The van der Waals surface area contributed by atoms with Crippen molar-refractivity contribution in [1.82, 2.24) is 4.90 Å². The SMILES string of the molecule is CCCCN(CCCC)Cc1ccc(OCCC)cc1O. The van der Waals surface area contributed by atoms with Gasteiger partial charge in [-0.2, -0.15) is 0 Å². The summed E-state index contributed by atoms with van der Waals surface area (Å²) in [5, 5.41) is 10.2. The first kappa shape index (κ1) is 17.8. The molecule has 0 fully saturated rings. The third-order valence-corrected chi connectivity index (χ3v) is 3.58. The molecule has 1 aromatic rings. The number of rotatable bonds is 11. The van der Waals surface area contributed by atoms with Gasteiger partial charge >= 0.3 is 0 Å². The van der Waals surface area contributed by atoms with Gasteiger partial charge in [-0.25, -0.2) is 0 Å². The highest BCUT2D eigenvalue weighted by Gasteiger charge is 2.09. The van der Waals surface area contributed by atoms with E-state index < -0.39 is 0 Å². The highest BCUT2D eigenvalue weighted by atomic mass is 16.5. The maximum atomic E-state index is 10.2. The van der Waals surface area contributed by atoms with Crippen LogP contribution in [-0.2, 0) is 6.54 Å². The largest absolute Gasteiger partial charge is 0.507 e. The summed E-state index contributed by atoms with van der Waals surface area (Å²) in [6.45, 7) is 10.2. The molecule has 0 aromatic heterocycles. The van der Waals surface area contributed by atoms with E-state index in [9.17, 15) is 5.11 Å². The standard InChI is InChI=1S/C18H31NO2/c1-4-7-11-19(12-8-5-2)15-16-9-10-17(14-18(16)20)21-13-6-3/h9-10,14,20H,4-8,11-13,15H2,1-3H3. The summed E-state index contributed by atoms with van der Waals surface area (Å²) >= 11 is 0. The minimum atomic E-state index is 0.349. The van der Waals surface area contributed by atoms with Gasteiger partial charge in [-0.1, -0.05) is 39.7 Å². The first-order chi connectivity index (χ1) is 10.2. The van der Waals surface area contributed by atoms with Gasteiger partial charge in [0, 0.05) is 18.2 Å². The van der Waals surface area contributed by atoms with Crippen molar-refractivity contribution in [2.75, 3.05) is 19.7 Å². The van der Waals surface area contributed by atoms with Gasteiger partial charge in [-0.3, -0.25) is 4.90 Å². The number of unbranched alkanes of at least 4 members (excludes halogenated alkanes) is 2. The van der Waals surface area contributed by atoms with Crippen molar-refractivity contribution in [2.24, 2.45) is 0 Å². The molecule has 1 rings (SSSR count). The van der Waals surface area contributed by atoms with Crippen LogP contribution in [0.4, 0.5) is 0 Å². The van der Waals surface area contributed by atoms with Gasteiger partial charge in [0.2, 0.25) is 0 Å². The lowest BCUT2D eigenvalue weighted by Gasteiger charge is -2.22. The van der Waals surface area contributed by atoms with Crippen LogP contribution >= 0.6 is 0 Å². The summed E-state index contributed by atoms with van der Waals surface area (Å²) < 4.78 is 5.55. The molecule has 3 nitrogen and oxygen atoms in total. The molecule has 1 aromatic carbocycles. The molecule has 0 amide bonds. The second-order valence-electron chi connectivity index (χ2n) is 5.62. The predicted molar refractivity (Wildman–Crippen MR) is 89.0 cm³/mol. The molecule has 1 N–H and O–H groups in total. The summed E-state index contributed by atoms with van der Waals surface area (Å²) in [4.78, 5) is 2.44. The van der Waals surface area contributed by atoms with Gasteiger partial charge in [0.25, 0.3) is 0 Å². The topological polar surface area (TPSA) is 32.7 Å². The highest BCUT2D eigenvalue weighted by Crippen LogP contribution is 2.25. The van der Waals surface area contributed by atoms with Crippen molar-refractivity contribution in [2.45, 2.75) is 59.4 Å². The fourth-order valence-electron chi connectivity index (χ4n) is 2.26. The Kier molecular flexibility index (Phi) is 8.91. The second kappa shape index (κ2) is 10.5. The molecular weight excluding hydrogens is 262 g/mol. The van der Waals surface area contributed by atoms with Crippen LogP contribution in [0, 0.1) is 0 Å². The number of ether oxygens (including phenoxy) is 1. The Morgan fingerprint density at radius 3 is 2.19 bits per heavy atom. The molecule has 0 aliphatic rings. The van der Waals surface area contributed by atoms with Crippen LogP contribution in [0.25, 0.3) is 0 Å². The van der Waals surface area contributed by atoms with Crippen LogP contribution in [0.3, 0.4) is 0 Å². The van der Waals surface area contributed by atoms with Gasteiger partial charge in [0.05, 0.1) is 6.61 Å². The average Bonchev–Trinajstić information content (AvgIpc) is 2.49. The Balaban J connectivity index is 2.64. The quantitative estimate of drug-likeness (QED) is 0.648. The van der Waals surface area contributed by atoms with E-state index in [2.05, 4.69) is 25.7 Å². The van der Waals surface area contributed by atoms with Crippen molar-refractivity contribution >= 4 is 0 Å². The number of phenols is 1. The predicted octanol–water partition coefficient (Wildman–Crippen LogP) is 4.58. The van der Waals surface area contributed by atoms with E-state index in [1.54, 1.807) is 6.07 Å². The fourth-order valence-corrected chi connectivity index (χ4v) is 2.26. The normalized spacial score (nSPS) is 11.0. The Hall–Kier alpha value is -1.22. The third-order valence-electron chi connectivity index (χ3n) is 3.58. The van der Waals surface area contributed by atoms with Crippen molar-refractivity contribution < 1.29 is 9.84 Å². The smallest absolute Gasteiger partial charge is 0.123 e. The van der Waals surface area contributed by atoms with Crippen LogP contribution in [0.1, 0.15) is 58.4 Å². The van der Waals surface area contributed by atoms with E-state index in [0.717, 1.165) is 37.4 Å². The van der Waals surface area contributed by atoms with Gasteiger partial charge < -0.3 is 9.84 Å². The molecule has 0 unspecified atom stereocenters. The van der Waals surface area contributed by atoms with Crippen molar-refractivity contribution in [3.8, 4) is 11.5 Å². The Morgan fingerprint density at radius 2 is 1.67 bits per heavy atom. The monoisotopic (exact) mass is 293 g/mol. The Morgan fingerprint density at radius 1 is 1.00 bits per heavy atom. The molecule has 3 heteroatoms. The fraction of sp³-hybridized carbons (Fsp3) is 0.667. The Bertz CT molecular complexity index is 385. The van der Waals surface area contributed by atoms with Gasteiger partial charge in [-0.15, -0.1) is 0 Å². The van der Waals surface area contributed by atoms with Gasteiger partial charge in [-0.05, 0) is 38.4 Å². The summed E-state index contributed by atoms with van der Waals surface area (Å²) in [7, 11) is 0. The van der Waals surface area contributed by atoms with Crippen molar-refractivity contribution in [1.29, 1.82) is 0 Å². The molecule has 0 saturated heterocycles. The first-order valence-corrected chi connectivity index (χ1v) is 8.38. The number of hydrogen-bond acceptors (Lipinski definition) is 3. The molecule has 0 aliphatic carbocycles. The second-order valence-corrected chi connectivity index (χ2v) is 5.62. The molecule has 0 aliphatic heterocycles. The van der Waals surface area contributed by atoms with Gasteiger partial charge in [0.15, 0.2) is 0 Å². The molecule has 0 heterocycles. The maximum Gasteiger partial charge on any atom is 0.123 e. The zero-order valence-electron chi connectivity index (χ0n) is 13.9. The number of aromatic hydroxyl groups is 1. The van der Waals surface area contributed by atoms with E-state index in [0.29, 0.717) is 12.4 Å². The number of benzene rings is 1. The number of nitrogens with zero attached hydrogens (tertiary/aromatic N) is 1. The zero-order valence-corrected chi connectivity index (χ0v) is 13.9. The van der Waals surface area contributed by atoms with E-state index in [-0.39, 0.29) is 0 Å². The summed E-state index contributed by atoms with van der Waals surface area (Å²) in [6.07, 6.45) is 5.81. The summed E-state index contributed by atoms with van der Waals surface area (Å²) in [6, 6.07) is 5.69. The van der Waals surface area contributed by atoms with E-state index in [1.807, 2.05) is 12.1 Å². The molecule has 0 radical (unpaired) electrons.